The Hall–Kier alpha value is -1.77. The van der Waals surface area contributed by atoms with Gasteiger partial charge in [-0.1, -0.05) is 58.2 Å². The van der Waals surface area contributed by atoms with Crippen LogP contribution in [-0.2, 0) is 10.2 Å². The molecule has 0 saturated carbocycles. The minimum absolute atomic E-state index is 0.0682. The average Bonchev–Trinajstić information content (AvgIpc) is 2.98. The fourth-order valence-electron chi connectivity index (χ4n) is 2.32. The van der Waals surface area contributed by atoms with Crippen molar-refractivity contribution in [1.29, 1.82) is 0 Å². The number of Topliss-reactive ketones (excluding diaryl/α,β-unsaturated/α-hetero) is 1. The van der Waals surface area contributed by atoms with Gasteiger partial charge in [-0.05, 0) is 30.0 Å². The van der Waals surface area contributed by atoms with E-state index in [1.165, 1.54) is 11.0 Å². The van der Waals surface area contributed by atoms with E-state index >= 15 is 0 Å². The molecule has 22 heavy (non-hydrogen) atoms. The quantitative estimate of drug-likeness (QED) is 0.791. The molecule has 0 unspecified atom stereocenters. The third-order valence-electron chi connectivity index (χ3n) is 3.66. The summed E-state index contributed by atoms with van der Waals surface area (Å²) in [6, 6.07) is 6.33. The molecule has 118 valence electrons. The van der Waals surface area contributed by atoms with E-state index in [4.69, 9.17) is 4.74 Å². The molecule has 1 aromatic carbocycles. The summed E-state index contributed by atoms with van der Waals surface area (Å²) < 4.78 is 5.41. The fourth-order valence-corrected chi connectivity index (χ4v) is 2.32. The molecule has 0 aromatic heterocycles. The molecule has 1 aromatic rings. The Morgan fingerprint density at radius 2 is 1.77 bits per heavy atom. The second-order valence-electron chi connectivity index (χ2n) is 6.31. The highest BCUT2D eigenvalue weighted by Gasteiger charge is 2.22. The van der Waals surface area contributed by atoms with Crippen molar-refractivity contribution in [2.75, 3.05) is 7.11 Å². The molecule has 0 bridgehead atoms. The van der Waals surface area contributed by atoms with Gasteiger partial charge in [-0.3, -0.25) is 4.79 Å². The number of carbonyl (C=O) groups excluding carboxylic acids is 1. The number of hydrogen-bond acceptors (Lipinski definition) is 2. The van der Waals surface area contributed by atoms with Crippen molar-refractivity contribution in [3.63, 3.8) is 0 Å². The molecule has 3 heteroatoms. The first-order chi connectivity index (χ1) is 10.3. The van der Waals surface area contributed by atoms with Crippen molar-refractivity contribution < 1.29 is 9.53 Å². The molecule has 0 fully saturated rings. The SMILES string of the molecule is CC.COc1cc(B2C=CC(C(C)=O)=C2)cc(C(C)(C)C)c1. The van der Waals surface area contributed by atoms with E-state index in [1.807, 2.05) is 32.0 Å². The van der Waals surface area contributed by atoms with Gasteiger partial charge in [0.2, 0.25) is 6.71 Å². The molecule has 2 rings (SSSR count). The monoisotopic (exact) mass is 298 g/mol. The van der Waals surface area contributed by atoms with Crippen molar-refractivity contribution in [3.8, 4) is 5.75 Å². The smallest absolute Gasteiger partial charge is 0.227 e. The summed E-state index contributed by atoms with van der Waals surface area (Å²) in [6.07, 6.45) is 1.91. The highest BCUT2D eigenvalue weighted by Crippen LogP contribution is 2.25. The largest absolute Gasteiger partial charge is 0.497 e. The molecule has 1 aliphatic heterocycles. The number of ketones is 1. The molecule has 0 spiro atoms. The van der Waals surface area contributed by atoms with Gasteiger partial charge >= 0.3 is 0 Å². The lowest BCUT2D eigenvalue weighted by atomic mass is 9.46. The maximum atomic E-state index is 11.4. The van der Waals surface area contributed by atoms with Crippen LogP contribution in [0.4, 0.5) is 0 Å². The maximum absolute atomic E-state index is 11.4. The van der Waals surface area contributed by atoms with Gasteiger partial charge in [-0.15, -0.1) is 5.98 Å². The number of carbonyl (C=O) groups is 1. The summed E-state index contributed by atoms with van der Waals surface area (Å²) in [4.78, 5) is 11.4. The van der Waals surface area contributed by atoms with E-state index in [1.54, 1.807) is 14.0 Å². The Labute approximate surface area is 135 Å². The van der Waals surface area contributed by atoms with Crippen LogP contribution >= 0.6 is 0 Å². The zero-order valence-corrected chi connectivity index (χ0v) is 14.9. The predicted octanol–water partition coefficient (Wildman–Crippen LogP) is 3.88. The number of methoxy groups -OCH3 is 1. The van der Waals surface area contributed by atoms with Crippen LogP contribution in [0.2, 0.25) is 0 Å². The summed E-state index contributed by atoms with van der Waals surface area (Å²) in [5.74, 6) is 5.06. The molecule has 0 radical (unpaired) electrons. The standard InChI is InChI=1S/C17H21BO2.C2H6/c1-12(19)13-6-7-18(11-13)15-8-14(17(2,3)4)9-16(10-15)20-5;1-2/h6-11H,1-5H3;1-2H3. The Kier molecular flexibility index (Phi) is 6.22. The molecule has 0 atom stereocenters. The second-order valence-corrected chi connectivity index (χ2v) is 6.31. The van der Waals surface area contributed by atoms with Crippen LogP contribution in [0.3, 0.4) is 0 Å². The van der Waals surface area contributed by atoms with E-state index in [0.29, 0.717) is 0 Å². The van der Waals surface area contributed by atoms with Gasteiger partial charge in [0.15, 0.2) is 5.78 Å². The zero-order chi connectivity index (χ0) is 16.9. The Bertz CT molecular complexity index is 592. The van der Waals surface area contributed by atoms with Gasteiger partial charge in [-0.2, -0.15) is 0 Å². The molecule has 0 N–H and O–H groups in total. The van der Waals surface area contributed by atoms with Crippen LogP contribution in [0.15, 0.2) is 41.8 Å². The van der Waals surface area contributed by atoms with Gasteiger partial charge in [-0.25, -0.2) is 0 Å². The van der Waals surface area contributed by atoms with Crippen LogP contribution in [0.1, 0.15) is 47.1 Å². The summed E-state index contributed by atoms with van der Waals surface area (Å²) >= 11 is 0. The zero-order valence-electron chi connectivity index (χ0n) is 14.9. The van der Waals surface area contributed by atoms with Crippen LogP contribution in [0, 0.1) is 0 Å². The lowest BCUT2D eigenvalue weighted by Gasteiger charge is -2.21. The van der Waals surface area contributed by atoms with Gasteiger partial charge in [0.05, 0.1) is 7.11 Å². The van der Waals surface area contributed by atoms with Gasteiger partial charge in [0, 0.05) is 5.57 Å². The van der Waals surface area contributed by atoms with Crippen molar-refractivity contribution in [1.82, 2.24) is 0 Å². The van der Waals surface area contributed by atoms with Crippen molar-refractivity contribution in [3.05, 3.63) is 47.4 Å². The molecule has 2 nitrogen and oxygen atoms in total. The predicted molar refractivity (Wildman–Crippen MR) is 96.3 cm³/mol. The number of benzene rings is 1. The minimum Gasteiger partial charge on any atom is -0.497 e. The van der Waals surface area contributed by atoms with Crippen LogP contribution in [0.5, 0.6) is 5.75 Å². The molecule has 0 saturated heterocycles. The van der Waals surface area contributed by atoms with Gasteiger partial charge in [0.1, 0.15) is 5.75 Å². The van der Waals surface area contributed by atoms with Crippen molar-refractivity contribution in [2.45, 2.75) is 47.0 Å². The number of ether oxygens (including phenoxy) is 1. The molecular formula is C19H27BO2. The highest BCUT2D eigenvalue weighted by atomic mass is 16.5. The van der Waals surface area contributed by atoms with E-state index in [2.05, 4.69) is 38.9 Å². The topological polar surface area (TPSA) is 26.3 Å². The highest BCUT2D eigenvalue weighted by molar-refractivity contribution is 6.83. The summed E-state index contributed by atoms with van der Waals surface area (Å²) in [5.41, 5.74) is 3.26. The Morgan fingerprint density at radius 1 is 1.14 bits per heavy atom. The van der Waals surface area contributed by atoms with Gasteiger partial charge < -0.3 is 4.74 Å². The number of rotatable bonds is 3. The first-order valence-electron chi connectivity index (χ1n) is 7.91. The van der Waals surface area contributed by atoms with E-state index in [-0.39, 0.29) is 17.9 Å². The van der Waals surface area contributed by atoms with Crippen LogP contribution in [-0.4, -0.2) is 19.6 Å². The third kappa shape index (κ3) is 4.36. The van der Waals surface area contributed by atoms with Gasteiger partial charge in [0.25, 0.3) is 0 Å². The average molecular weight is 298 g/mol. The molecule has 0 aliphatic carbocycles. The fraction of sp³-hybridized carbons (Fsp3) is 0.421. The first-order valence-corrected chi connectivity index (χ1v) is 7.91. The molecular weight excluding hydrogens is 271 g/mol. The Morgan fingerprint density at radius 3 is 2.23 bits per heavy atom. The van der Waals surface area contributed by atoms with Crippen LogP contribution < -0.4 is 10.2 Å². The lowest BCUT2D eigenvalue weighted by Crippen LogP contribution is -2.27. The summed E-state index contributed by atoms with van der Waals surface area (Å²) in [7, 11) is 1.69. The summed E-state index contributed by atoms with van der Waals surface area (Å²) in [5, 5.41) is 0. The normalized spacial score (nSPS) is 13.4. The minimum atomic E-state index is 0.0682. The number of allylic oxidation sites excluding steroid dienone is 2. The maximum Gasteiger partial charge on any atom is 0.227 e. The number of hydrogen-bond donors (Lipinski definition) is 0. The Balaban J connectivity index is 0.00000116. The lowest BCUT2D eigenvalue weighted by molar-refractivity contribution is -0.113. The van der Waals surface area contributed by atoms with Crippen molar-refractivity contribution in [2.24, 2.45) is 0 Å². The second kappa shape index (κ2) is 7.48. The molecule has 1 aliphatic rings. The summed E-state index contributed by atoms with van der Waals surface area (Å²) in [6.45, 7) is 12.3. The molecule has 0 amide bonds. The van der Waals surface area contributed by atoms with Crippen molar-refractivity contribution >= 4 is 18.0 Å². The third-order valence-corrected chi connectivity index (χ3v) is 3.66. The van der Waals surface area contributed by atoms with E-state index in [0.717, 1.165) is 11.3 Å². The molecule has 1 heterocycles. The first kappa shape index (κ1) is 18.3. The van der Waals surface area contributed by atoms with E-state index in [9.17, 15) is 4.79 Å². The van der Waals surface area contributed by atoms with E-state index < -0.39 is 0 Å². The van der Waals surface area contributed by atoms with Crippen LogP contribution in [0.25, 0.3) is 0 Å².